The van der Waals surface area contributed by atoms with E-state index in [2.05, 4.69) is 25.6 Å². The lowest BCUT2D eigenvalue weighted by Crippen LogP contribution is -2.00. The Labute approximate surface area is 161 Å². The average Bonchev–Trinajstić information content (AvgIpc) is 3.24. The van der Waals surface area contributed by atoms with Crippen molar-refractivity contribution in [1.82, 2.24) is 29.9 Å². The van der Waals surface area contributed by atoms with Gasteiger partial charge in [-0.2, -0.15) is 14.9 Å². The van der Waals surface area contributed by atoms with Crippen LogP contribution in [-0.4, -0.2) is 36.1 Å². The smallest absolute Gasteiger partial charge is 0.216 e. The Morgan fingerprint density at radius 1 is 1.04 bits per heavy atom. The molecule has 7 nitrogen and oxygen atoms in total. The molecule has 0 aliphatic heterocycles. The van der Waals surface area contributed by atoms with Crippen molar-refractivity contribution in [3.63, 3.8) is 0 Å². The zero-order chi connectivity index (χ0) is 18.8. The lowest BCUT2D eigenvalue weighted by Gasteiger charge is -2.04. The summed E-state index contributed by atoms with van der Waals surface area (Å²) in [6.07, 6.45) is 1.73. The number of hydrogen-bond acceptors (Lipinski definition) is 5. The van der Waals surface area contributed by atoms with Crippen LogP contribution in [0.4, 0.5) is 0 Å². The van der Waals surface area contributed by atoms with Gasteiger partial charge in [-0.25, -0.2) is 9.78 Å². The van der Waals surface area contributed by atoms with Crippen molar-refractivity contribution in [3.8, 4) is 17.2 Å². The maximum absolute atomic E-state index is 5.32. The minimum Gasteiger partial charge on any atom is -0.250 e. The van der Waals surface area contributed by atoms with Crippen molar-refractivity contribution in [2.75, 3.05) is 0 Å². The lowest BCUT2D eigenvalue weighted by molar-refractivity contribution is 0.784. The van der Waals surface area contributed by atoms with Crippen LogP contribution in [0.2, 0.25) is 0 Å². The van der Waals surface area contributed by atoms with Crippen molar-refractivity contribution in [1.29, 1.82) is 0 Å². The van der Waals surface area contributed by atoms with Gasteiger partial charge < -0.3 is 0 Å². The number of benzene rings is 2. The number of nitrogens with zero attached hydrogens (tertiary/aromatic N) is 6. The molecule has 0 radical (unpaired) electrons. The minimum atomic E-state index is 0.390. The Kier molecular flexibility index (Phi) is 4.47. The lowest BCUT2D eigenvalue weighted by atomic mass is 10.2. The predicted molar refractivity (Wildman–Crippen MR) is 107 cm³/mol. The van der Waals surface area contributed by atoms with Crippen LogP contribution in [0.15, 0.2) is 59.7 Å². The Hall–Kier alpha value is -3.39. The summed E-state index contributed by atoms with van der Waals surface area (Å²) < 4.78 is 3.72. The van der Waals surface area contributed by atoms with Crippen molar-refractivity contribution >= 4 is 18.4 Å². The van der Waals surface area contributed by atoms with Crippen LogP contribution < -0.4 is 0 Å². The van der Waals surface area contributed by atoms with E-state index in [0.29, 0.717) is 16.3 Å². The molecule has 2 heterocycles. The second-order valence-electron chi connectivity index (χ2n) is 6.09. The molecule has 0 fully saturated rings. The zero-order valence-electron chi connectivity index (χ0n) is 14.9. The molecule has 0 saturated carbocycles. The number of aromatic nitrogens is 6. The molecule has 0 amide bonds. The molecule has 4 aromatic rings. The molecule has 4 rings (SSSR count). The standard InChI is InChI=1S/C19H17N7S/c1-13-8-10-16(11-9-13)25-14(2)17(21-24-25)18-22-23-19(27)26(18)20-12-15-6-4-3-5-7-15/h3-12H,1-2H3,(H,23,27)/b20-12+. The van der Waals surface area contributed by atoms with Gasteiger partial charge in [0.25, 0.3) is 0 Å². The van der Waals surface area contributed by atoms with E-state index in [0.717, 1.165) is 16.9 Å². The fourth-order valence-electron chi connectivity index (χ4n) is 2.68. The molecular weight excluding hydrogens is 358 g/mol. The summed E-state index contributed by atoms with van der Waals surface area (Å²) in [4.78, 5) is 0. The summed E-state index contributed by atoms with van der Waals surface area (Å²) in [6.45, 7) is 3.99. The monoisotopic (exact) mass is 375 g/mol. The normalized spacial score (nSPS) is 11.3. The number of aromatic amines is 1. The highest BCUT2D eigenvalue weighted by Crippen LogP contribution is 2.21. The molecule has 0 saturated heterocycles. The molecule has 0 aliphatic rings. The number of H-pyrrole nitrogens is 1. The van der Waals surface area contributed by atoms with Gasteiger partial charge in [-0.1, -0.05) is 53.2 Å². The minimum absolute atomic E-state index is 0.390. The van der Waals surface area contributed by atoms with Crippen LogP contribution >= 0.6 is 12.2 Å². The second-order valence-corrected chi connectivity index (χ2v) is 6.48. The van der Waals surface area contributed by atoms with Gasteiger partial charge in [0.15, 0.2) is 5.69 Å². The number of nitrogens with one attached hydrogen (secondary N) is 1. The largest absolute Gasteiger partial charge is 0.250 e. The van der Waals surface area contributed by atoms with E-state index < -0.39 is 0 Å². The molecule has 27 heavy (non-hydrogen) atoms. The van der Waals surface area contributed by atoms with Crippen molar-refractivity contribution in [2.24, 2.45) is 5.10 Å². The maximum atomic E-state index is 5.32. The summed E-state index contributed by atoms with van der Waals surface area (Å²) >= 11 is 5.32. The molecular formula is C19H17N7S. The van der Waals surface area contributed by atoms with Crippen LogP contribution in [0.3, 0.4) is 0 Å². The van der Waals surface area contributed by atoms with E-state index in [4.69, 9.17) is 12.2 Å². The average molecular weight is 375 g/mol. The molecule has 0 atom stereocenters. The summed E-state index contributed by atoms with van der Waals surface area (Å²) in [5, 5.41) is 20.1. The molecule has 1 N–H and O–H groups in total. The third-order valence-electron chi connectivity index (χ3n) is 4.16. The Morgan fingerprint density at radius 3 is 2.52 bits per heavy atom. The third-order valence-corrected chi connectivity index (χ3v) is 4.42. The van der Waals surface area contributed by atoms with E-state index in [9.17, 15) is 0 Å². The zero-order valence-corrected chi connectivity index (χ0v) is 15.7. The molecule has 0 unspecified atom stereocenters. The third kappa shape index (κ3) is 3.34. The molecule has 0 aliphatic carbocycles. The summed E-state index contributed by atoms with van der Waals surface area (Å²) in [6, 6.07) is 17.9. The number of aryl methyl sites for hydroxylation is 1. The van der Waals surface area contributed by atoms with Crippen LogP contribution in [0.1, 0.15) is 16.8 Å². The fourth-order valence-corrected chi connectivity index (χ4v) is 2.86. The quantitative estimate of drug-likeness (QED) is 0.436. The van der Waals surface area contributed by atoms with Gasteiger partial charge >= 0.3 is 0 Å². The Morgan fingerprint density at radius 2 is 1.78 bits per heavy atom. The van der Waals surface area contributed by atoms with Crippen molar-refractivity contribution in [2.45, 2.75) is 13.8 Å². The van der Waals surface area contributed by atoms with Gasteiger partial charge in [0, 0.05) is 0 Å². The van der Waals surface area contributed by atoms with Gasteiger partial charge in [-0.05, 0) is 43.8 Å². The van der Waals surface area contributed by atoms with Gasteiger partial charge in [-0.3, -0.25) is 0 Å². The summed E-state index contributed by atoms with van der Waals surface area (Å²) in [5.74, 6) is 0.517. The Bertz CT molecular complexity index is 1150. The number of hydrogen-bond donors (Lipinski definition) is 1. The SMILES string of the molecule is Cc1ccc(-n2nnc(-c3n[nH]c(=S)n3/N=C/c3ccccc3)c2C)cc1. The second kappa shape index (κ2) is 7.08. The first kappa shape index (κ1) is 17.0. The maximum Gasteiger partial charge on any atom is 0.216 e. The molecule has 8 heteroatoms. The van der Waals surface area contributed by atoms with Crippen molar-refractivity contribution in [3.05, 3.63) is 76.2 Å². The van der Waals surface area contributed by atoms with Gasteiger partial charge in [-0.15, -0.1) is 5.10 Å². The first-order valence-corrected chi connectivity index (χ1v) is 8.81. The number of rotatable bonds is 4. The molecule has 0 spiro atoms. The first-order valence-electron chi connectivity index (χ1n) is 8.40. The molecule has 134 valence electrons. The van der Waals surface area contributed by atoms with E-state index in [1.54, 1.807) is 15.6 Å². The van der Waals surface area contributed by atoms with E-state index >= 15 is 0 Å². The van der Waals surface area contributed by atoms with Gasteiger partial charge in [0.1, 0.15) is 0 Å². The first-order chi connectivity index (χ1) is 13.1. The molecule has 2 aromatic carbocycles. The predicted octanol–water partition coefficient (Wildman–Crippen LogP) is 3.69. The Balaban J connectivity index is 1.74. The van der Waals surface area contributed by atoms with Crippen LogP contribution in [0, 0.1) is 18.6 Å². The van der Waals surface area contributed by atoms with Crippen LogP contribution in [-0.2, 0) is 0 Å². The summed E-state index contributed by atoms with van der Waals surface area (Å²) in [7, 11) is 0. The van der Waals surface area contributed by atoms with Crippen LogP contribution in [0.25, 0.3) is 17.2 Å². The van der Waals surface area contributed by atoms with E-state index in [1.165, 1.54) is 5.56 Å². The molecule has 2 aromatic heterocycles. The summed E-state index contributed by atoms with van der Waals surface area (Å²) in [5.41, 5.74) is 4.56. The van der Waals surface area contributed by atoms with E-state index in [1.807, 2.05) is 68.4 Å². The highest BCUT2D eigenvalue weighted by Gasteiger charge is 2.18. The van der Waals surface area contributed by atoms with Gasteiger partial charge in [0.05, 0.1) is 17.6 Å². The van der Waals surface area contributed by atoms with E-state index in [-0.39, 0.29) is 0 Å². The van der Waals surface area contributed by atoms with Gasteiger partial charge in [0.2, 0.25) is 10.6 Å². The highest BCUT2D eigenvalue weighted by molar-refractivity contribution is 7.71. The highest BCUT2D eigenvalue weighted by atomic mass is 32.1. The van der Waals surface area contributed by atoms with Crippen LogP contribution in [0.5, 0.6) is 0 Å². The van der Waals surface area contributed by atoms with Crippen molar-refractivity contribution < 1.29 is 0 Å². The molecule has 0 bridgehead atoms. The fraction of sp³-hybridized carbons (Fsp3) is 0.105. The topological polar surface area (TPSA) is 76.7 Å².